The van der Waals surface area contributed by atoms with Gasteiger partial charge in [-0.2, -0.15) is 0 Å². The summed E-state index contributed by atoms with van der Waals surface area (Å²) in [6.45, 7) is 6.91. The van der Waals surface area contributed by atoms with E-state index in [1.165, 1.54) is 122 Å². The molecule has 0 aromatic carbocycles. The van der Waals surface area contributed by atoms with Crippen molar-refractivity contribution >= 4 is 18.3 Å². The van der Waals surface area contributed by atoms with Gasteiger partial charge in [-0.15, -0.1) is 12.4 Å². The molecule has 0 N–H and O–H groups in total. The van der Waals surface area contributed by atoms with Crippen LogP contribution < -0.4 is 0 Å². The van der Waals surface area contributed by atoms with Gasteiger partial charge in [0, 0.05) is 19.5 Å². The van der Waals surface area contributed by atoms with Gasteiger partial charge in [0.05, 0.1) is 0 Å². The highest BCUT2D eigenvalue weighted by atomic mass is 35.5. The van der Waals surface area contributed by atoms with Crippen LogP contribution in [0.25, 0.3) is 0 Å². The Morgan fingerprint density at radius 2 is 1.06 bits per heavy atom. The predicted molar refractivity (Wildman–Crippen MR) is 142 cm³/mol. The number of piperidine rings is 2. The largest absolute Gasteiger partial charge is 0.343 e. The molecule has 4 heteroatoms. The van der Waals surface area contributed by atoms with E-state index >= 15 is 0 Å². The first kappa shape index (κ1) is 29.8. The van der Waals surface area contributed by atoms with E-state index in [1.807, 2.05) is 0 Å². The third-order valence-corrected chi connectivity index (χ3v) is 8.03. The number of rotatable bonds is 16. The number of nitrogens with zero attached hydrogens (tertiary/aromatic N) is 2. The summed E-state index contributed by atoms with van der Waals surface area (Å²) >= 11 is 0. The second kappa shape index (κ2) is 19.1. The van der Waals surface area contributed by atoms with Crippen LogP contribution in [0.1, 0.15) is 129 Å². The average molecular weight is 471 g/mol. The van der Waals surface area contributed by atoms with Gasteiger partial charge in [0.2, 0.25) is 5.91 Å². The second-order valence-electron chi connectivity index (χ2n) is 10.8. The molecule has 0 radical (unpaired) electrons. The highest BCUT2D eigenvalue weighted by Gasteiger charge is 2.24. The summed E-state index contributed by atoms with van der Waals surface area (Å²) in [4.78, 5) is 17.2. The topological polar surface area (TPSA) is 23.6 Å². The summed E-state index contributed by atoms with van der Waals surface area (Å²) in [5, 5.41) is 0. The highest BCUT2D eigenvalue weighted by Crippen LogP contribution is 2.28. The van der Waals surface area contributed by atoms with Crippen LogP contribution in [0.2, 0.25) is 0 Å². The molecule has 0 bridgehead atoms. The van der Waals surface area contributed by atoms with Crippen molar-refractivity contribution in [3.8, 4) is 0 Å². The predicted octanol–water partition coefficient (Wildman–Crippen LogP) is 7.86. The van der Waals surface area contributed by atoms with Crippen LogP contribution in [0.5, 0.6) is 0 Å². The van der Waals surface area contributed by atoms with Crippen LogP contribution >= 0.6 is 12.4 Å². The Kier molecular flexibility index (Phi) is 17.7. The van der Waals surface area contributed by atoms with E-state index in [0.29, 0.717) is 5.91 Å². The lowest BCUT2D eigenvalue weighted by atomic mass is 9.85. The first-order valence-electron chi connectivity index (χ1n) is 14.2. The van der Waals surface area contributed by atoms with E-state index in [0.717, 1.165) is 37.8 Å². The van der Waals surface area contributed by atoms with Crippen LogP contribution in [-0.4, -0.2) is 48.9 Å². The number of likely N-dealkylation sites (tertiary alicyclic amines) is 2. The molecule has 2 fully saturated rings. The smallest absolute Gasteiger partial charge is 0.222 e. The molecule has 0 unspecified atom stereocenters. The molecule has 1 amide bonds. The fraction of sp³-hybridized carbons (Fsp3) is 0.964. The summed E-state index contributed by atoms with van der Waals surface area (Å²) in [5.74, 6) is 2.26. The van der Waals surface area contributed by atoms with Gasteiger partial charge < -0.3 is 9.80 Å². The second-order valence-corrected chi connectivity index (χ2v) is 10.8. The van der Waals surface area contributed by atoms with Crippen molar-refractivity contribution in [1.29, 1.82) is 0 Å². The monoisotopic (exact) mass is 470 g/mol. The van der Waals surface area contributed by atoms with Gasteiger partial charge in [-0.25, -0.2) is 0 Å². The molecule has 0 spiro atoms. The number of hydrogen-bond acceptors (Lipinski definition) is 2. The van der Waals surface area contributed by atoms with Gasteiger partial charge in [0.15, 0.2) is 0 Å². The van der Waals surface area contributed by atoms with Gasteiger partial charge in [-0.3, -0.25) is 4.79 Å². The SMILES string of the molecule is CCCCCCCCCCCCCCC(=O)N1CCC(CCC2CCN(C)CC2)CC1.Cl. The molecule has 2 heterocycles. The molecule has 0 aromatic rings. The van der Waals surface area contributed by atoms with Gasteiger partial charge in [0.1, 0.15) is 0 Å². The Hall–Kier alpha value is -0.280. The number of hydrogen-bond donors (Lipinski definition) is 0. The number of halogens is 1. The molecule has 190 valence electrons. The Bertz CT molecular complexity index is 443. The van der Waals surface area contributed by atoms with Gasteiger partial charge >= 0.3 is 0 Å². The lowest BCUT2D eigenvalue weighted by molar-refractivity contribution is -0.132. The minimum atomic E-state index is 0. The fourth-order valence-corrected chi connectivity index (χ4v) is 5.57. The maximum atomic E-state index is 12.5. The van der Waals surface area contributed by atoms with E-state index in [9.17, 15) is 4.79 Å². The van der Waals surface area contributed by atoms with E-state index in [2.05, 4.69) is 23.8 Å². The van der Waals surface area contributed by atoms with Crippen LogP contribution in [0.4, 0.5) is 0 Å². The number of unbranched alkanes of at least 4 members (excludes halogenated alkanes) is 11. The van der Waals surface area contributed by atoms with Crippen molar-refractivity contribution in [3.05, 3.63) is 0 Å². The van der Waals surface area contributed by atoms with E-state index < -0.39 is 0 Å². The summed E-state index contributed by atoms with van der Waals surface area (Å²) in [7, 11) is 2.25. The minimum Gasteiger partial charge on any atom is -0.343 e. The Labute approximate surface area is 206 Å². The number of carbonyl (C=O) groups excluding carboxylic acids is 1. The average Bonchev–Trinajstić information content (AvgIpc) is 2.79. The van der Waals surface area contributed by atoms with Crippen molar-refractivity contribution in [2.24, 2.45) is 11.8 Å². The van der Waals surface area contributed by atoms with Crippen LogP contribution in [0.3, 0.4) is 0 Å². The van der Waals surface area contributed by atoms with Crippen molar-refractivity contribution in [2.75, 3.05) is 33.2 Å². The molecule has 0 aromatic heterocycles. The maximum absolute atomic E-state index is 12.5. The number of amides is 1. The van der Waals surface area contributed by atoms with Crippen LogP contribution in [0, 0.1) is 11.8 Å². The van der Waals surface area contributed by atoms with Crippen molar-refractivity contribution in [2.45, 2.75) is 129 Å². The van der Waals surface area contributed by atoms with Crippen molar-refractivity contribution in [1.82, 2.24) is 9.80 Å². The first-order valence-corrected chi connectivity index (χ1v) is 14.2. The molecule has 0 atom stereocenters. The quantitative estimate of drug-likeness (QED) is 0.214. The zero-order chi connectivity index (χ0) is 22.2. The lowest BCUT2D eigenvalue weighted by Gasteiger charge is -2.34. The maximum Gasteiger partial charge on any atom is 0.222 e. The van der Waals surface area contributed by atoms with E-state index in [4.69, 9.17) is 0 Å². The Morgan fingerprint density at radius 3 is 1.53 bits per heavy atom. The third kappa shape index (κ3) is 13.4. The number of carbonyl (C=O) groups is 1. The molecule has 2 aliphatic rings. The fourth-order valence-electron chi connectivity index (χ4n) is 5.57. The molecule has 0 aliphatic carbocycles. The minimum absolute atomic E-state index is 0. The molecule has 2 rings (SSSR count). The molecule has 3 nitrogen and oxygen atoms in total. The molecular formula is C28H55ClN2O. The first-order chi connectivity index (χ1) is 15.2. The summed E-state index contributed by atoms with van der Waals surface area (Å²) in [5.41, 5.74) is 0. The Morgan fingerprint density at radius 1 is 0.656 bits per heavy atom. The molecule has 2 saturated heterocycles. The zero-order valence-corrected chi connectivity index (χ0v) is 22.4. The third-order valence-electron chi connectivity index (χ3n) is 8.03. The highest BCUT2D eigenvalue weighted by molar-refractivity contribution is 5.85. The van der Waals surface area contributed by atoms with Gasteiger partial charge in [-0.05, 0) is 64.1 Å². The summed E-state index contributed by atoms with van der Waals surface area (Å²) in [6.07, 6.45) is 25.2. The molecule has 2 aliphatic heterocycles. The van der Waals surface area contributed by atoms with E-state index in [-0.39, 0.29) is 12.4 Å². The molecular weight excluding hydrogens is 416 g/mol. The normalized spacial score (nSPS) is 18.6. The van der Waals surface area contributed by atoms with Crippen molar-refractivity contribution in [3.63, 3.8) is 0 Å². The summed E-state index contributed by atoms with van der Waals surface area (Å²) < 4.78 is 0. The standard InChI is InChI=1S/C28H54N2O.ClH/c1-3-4-5-6-7-8-9-10-11-12-13-14-15-28(31)30-24-20-27(21-25-30)17-16-26-18-22-29(2)23-19-26;/h26-27H,3-25H2,1-2H3;1H. The van der Waals surface area contributed by atoms with Crippen LogP contribution in [-0.2, 0) is 4.79 Å². The van der Waals surface area contributed by atoms with Gasteiger partial charge in [0.25, 0.3) is 0 Å². The van der Waals surface area contributed by atoms with E-state index in [1.54, 1.807) is 0 Å². The van der Waals surface area contributed by atoms with Gasteiger partial charge in [-0.1, -0.05) is 90.4 Å². The summed E-state index contributed by atoms with van der Waals surface area (Å²) in [6, 6.07) is 0. The zero-order valence-electron chi connectivity index (χ0n) is 21.6. The Balaban J connectivity index is 0.00000512. The van der Waals surface area contributed by atoms with Crippen molar-refractivity contribution < 1.29 is 4.79 Å². The molecule has 0 saturated carbocycles. The van der Waals surface area contributed by atoms with Crippen LogP contribution in [0.15, 0.2) is 0 Å². The lowest BCUT2D eigenvalue weighted by Crippen LogP contribution is -2.38. The molecule has 32 heavy (non-hydrogen) atoms.